The second kappa shape index (κ2) is 5.03. The summed E-state index contributed by atoms with van der Waals surface area (Å²) < 4.78 is 3.29. The number of likely N-dealkylation sites (N-methyl/N-ethyl adjacent to an activating group) is 1. The number of aryl methyl sites for hydroxylation is 2. The molecule has 21 heavy (non-hydrogen) atoms. The van der Waals surface area contributed by atoms with Gasteiger partial charge in [-0.15, -0.1) is 0 Å². The molecule has 2 aromatic heterocycles. The third kappa shape index (κ3) is 2.15. The first-order valence-electron chi connectivity index (χ1n) is 7.28. The molecule has 3 heterocycles. The van der Waals surface area contributed by atoms with Crippen LogP contribution in [0.15, 0.2) is 9.59 Å². The molecule has 0 aliphatic carbocycles. The second-order valence-corrected chi connectivity index (χ2v) is 5.59. The van der Waals surface area contributed by atoms with Gasteiger partial charge in [-0.25, -0.2) is 4.79 Å². The van der Waals surface area contributed by atoms with Crippen LogP contribution in [0, 0.1) is 0 Å². The van der Waals surface area contributed by atoms with E-state index in [1.807, 2.05) is 11.5 Å². The number of imidazole rings is 1. The SMILES string of the molecule is CCn1c(N2CC[NH+](C)CC2)nc2c1c(=O)[nH]c(=O)n2C. The fourth-order valence-electron chi connectivity index (χ4n) is 2.85. The van der Waals surface area contributed by atoms with Crippen LogP contribution in [0.3, 0.4) is 0 Å². The van der Waals surface area contributed by atoms with Gasteiger partial charge < -0.3 is 14.4 Å². The van der Waals surface area contributed by atoms with E-state index >= 15 is 0 Å². The Kier molecular flexibility index (Phi) is 3.32. The minimum Gasteiger partial charge on any atom is -0.334 e. The number of quaternary nitrogens is 1. The fourth-order valence-corrected chi connectivity index (χ4v) is 2.85. The first kappa shape index (κ1) is 13.9. The summed E-state index contributed by atoms with van der Waals surface area (Å²) in [4.78, 5) is 34.5. The van der Waals surface area contributed by atoms with Crippen molar-refractivity contribution in [1.82, 2.24) is 19.1 Å². The smallest absolute Gasteiger partial charge is 0.329 e. The molecular formula is C13H21N6O2+. The molecule has 0 radical (unpaired) electrons. The Labute approximate surface area is 121 Å². The molecule has 3 rings (SSSR count). The third-order valence-electron chi connectivity index (χ3n) is 4.20. The number of hydrogen-bond donors (Lipinski definition) is 2. The van der Waals surface area contributed by atoms with Crippen molar-refractivity contribution in [1.29, 1.82) is 0 Å². The normalized spacial score (nSPS) is 16.8. The number of piperazine rings is 1. The predicted octanol–water partition coefficient (Wildman–Crippen LogP) is -2.22. The lowest BCUT2D eigenvalue weighted by Gasteiger charge is -2.30. The van der Waals surface area contributed by atoms with E-state index in [9.17, 15) is 9.59 Å². The maximum atomic E-state index is 12.1. The van der Waals surface area contributed by atoms with E-state index in [-0.39, 0.29) is 5.56 Å². The number of H-pyrrole nitrogens is 1. The Morgan fingerprint density at radius 3 is 2.57 bits per heavy atom. The van der Waals surface area contributed by atoms with Crippen LogP contribution in [0.2, 0.25) is 0 Å². The summed E-state index contributed by atoms with van der Waals surface area (Å²) in [5.41, 5.74) is 0.129. The zero-order valence-electron chi connectivity index (χ0n) is 12.6. The minimum absolute atomic E-state index is 0.367. The molecule has 0 aromatic carbocycles. The van der Waals surface area contributed by atoms with Crippen molar-refractivity contribution in [2.24, 2.45) is 7.05 Å². The predicted molar refractivity (Wildman–Crippen MR) is 80.1 cm³/mol. The zero-order valence-corrected chi connectivity index (χ0v) is 12.6. The number of nitrogens with zero attached hydrogens (tertiary/aromatic N) is 4. The lowest BCUT2D eigenvalue weighted by molar-refractivity contribution is -0.880. The van der Waals surface area contributed by atoms with Crippen molar-refractivity contribution in [2.45, 2.75) is 13.5 Å². The van der Waals surface area contributed by atoms with Crippen LogP contribution in [0.1, 0.15) is 6.92 Å². The van der Waals surface area contributed by atoms with Crippen LogP contribution >= 0.6 is 0 Å². The Balaban J connectivity index is 2.20. The lowest BCUT2D eigenvalue weighted by atomic mass is 10.3. The molecule has 2 aromatic rings. The van der Waals surface area contributed by atoms with E-state index in [1.165, 1.54) is 9.47 Å². The fraction of sp³-hybridized carbons (Fsp3) is 0.615. The number of rotatable bonds is 2. The Hall–Kier alpha value is -2.09. The Bertz CT molecular complexity index is 778. The summed E-state index contributed by atoms with van der Waals surface area (Å²) in [6.45, 7) is 6.52. The van der Waals surface area contributed by atoms with Crippen molar-refractivity contribution in [3.8, 4) is 0 Å². The molecule has 1 saturated heterocycles. The third-order valence-corrected chi connectivity index (χ3v) is 4.20. The summed E-state index contributed by atoms with van der Waals surface area (Å²) in [6, 6.07) is 0. The van der Waals surface area contributed by atoms with Gasteiger partial charge in [0.25, 0.3) is 5.56 Å². The summed E-state index contributed by atoms with van der Waals surface area (Å²) in [5, 5.41) is 0. The highest BCUT2D eigenvalue weighted by atomic mass is 16.2. The van der Waals surface area contributed by atoms with E-state index in [0.29, 0.717) is 17.7 Å². The summed E-state index contributed by atoms with van der Waals surface area (Å²) in [6.07, 6.45) is 0. The molecular weight excluding hydrogens is 272 g/mol. The molecule has 0 amide bonds. The molecule has 0 saturated carbocycles. The molecule has 114 valence electrons. The number of nitrogens with one attached hydrogen (secondary N) is 2. The number of hydrogen-bond acceptors (Lipinski definition) is 4. The van der Waals surface area contributed by atoms with Gasteiger partial charge in [0.05, 0.1) is 33.2 Å². The highest BCUT2D eigenvalue weighted by Crippen LogP contribution is 2.19. The van der Waals surface area contributed by atoms with Crippen LogP contribution in [0.5, 0.6) is 0 Å². The Morgan fingerprint density at radius 1 is 1.29 bits per heavy atom. The van der Waals surface area contributed by atoms with Gasteiger partial charge in [0, 0.05) is 13.6 Å². The van der Waals surface area contributed by atoms with E-state index in [2.05, 4.69) is 21.9 Å². The molecule has 2 N–H and O–H groups in total. The molecule has 8 nitrogen and oxygen atoms in total. The zero-order chi connectivity index (χ0) is 15.1. The lowest BCUT2D eigenvalue weighted by Crippen LogP contribution is -3.12. The molecule has 0 bridgehead atoms. The highest BCUT2D eigenvalue weighted by Gasteiger charge is 2.24. The van der Waals surface area contributed by atoms with Crippen molar-refractivity contribution < 1.29 is 4.90 Å². The standard InChI is InChI=1S/C13H20N6O2/c1-4-19-9-10(17(3)13(21)15-11(9)20)14-12(19)18-7-5-16(2)6-8-18/h4-8H2,1-3H3,(H,15,20,21)/p+1. The highest BCUT2D eigenvalue weighted by molar-refractivity contribution is 5.74. The van der Waals surface area contributed by atoms with Crippen LogP contribution < -0.4 is 21.0 Å². The van der Waals surface area contributed by atoms with Gasteiger partial charge in [-0.3, -0.25) is 14.3 Å². The number of aromatic amines is 1. The summed E-state index contributed by atoms with van der Waals surface area (Å²) in [5.74, 6) is 0.784. The van der Waals surface area contributed by atoms with Gasteiger partial charge in [0.1, 0.15) is 0 Å². The Morgan fingerprint density at radius 2 is 1.95 bits per heavy atom. The van der Waals surface area contributed by atoms with Gasteiger partial charge in [-0.05, 0) is 6.92 Å². The average Bonchev–Trinajstić information content (AvgIpc) is 2.85. The first-order valence-corrected chi connectivity index (χ1v) is 7.28. The molecule has 1 aliphatic heterocycles. The van der Waals surface area contributed by atoms with Crippen LogP contribution in [-0.2, 0) is 13.6 Å². The molecule has 1 fully saturated rings. The average molecular weight is 293 g/mol. The van der Waals surface area contributed by atoms with Crippen molar-refractivity contribution in [2.75, 3.05) is 38.1 Å². The molecule has 0 spiro atoms. The number of anilines is 1. The quantitative estimate of drug-likeness (QED) is 0.657. The van der Waals surface area contributed by atoms with E-state index in [4.69, 9.17) is 0 Å². The second-order valence-electron chi connectivity index (χ2n) is 5.59. The molecule has 8 heteroatoms. The summed E-state index contributed by atoms with van der Waals surface area (Å²) in [7, 11) is 3.81. The summed E-state index contributed by atoms with van der Waals surface area (Å²) >= 11 is 0. The van der Waals surface area contributed by atoms with Crippen LogP contribution in [-0.4, -0.2) is 52.3 Å². The van der Waals surface area contributed by atoms with Gasteiger partial charge in [0.15, 0.2) is 11.2 Å². The van der Waals surface area contributed by atoms with Crippen LogP contribution in [0.4, 0.5) is 5.95 Å². The molecule has 0 unspecified atom stereocenters. The maximum Gasteiger partial charge on any atom is 0.329 e. The van der Waals surface area contributed by atoms with Crippen LogP contribution in [0.25, 0.3) is 11.2 Å². The van der Waals surface area contributed by atoms with Gasteiger partial charge in [-0.1, -0.05) is 0 Å². The minimum atomic E-state index is -0.428. The van der Waals surface area contributed by atoms with Crippen molar-refractivity contribution >= 4 is 17.1 Å². The van der Waals surface area contributed by atoms with Gasteiger partial charge >= 0.3 is 5.69 Å². The number of fused-ring (bicyclic) bond motifs is 1. The largest absolute Gasteiger partial charge is 0.334 e. The van der Waals surface area contributed by atoms with E-state index in [1.54, 1.807) is 7.05 Å². The maximum absolute atomic E-state index is 12.1. The topological polar surface area (TPSA) is 80.4 Å². The number of aromatic nitrogens is 4. The van der Waals surface area contributed by atoms with Crippen molar-refractivity contribution in [3.63, 3.8) is 0 Å². The van der Waals surface area contributed by atoms with Gasteiger partial charge in [0.2, 0.25) is 5.95 Å². The monoisotopic (exact) mass is 293 g/mol. The molecule has 0 atom stereocenters. The van der Waals surface area contributed by atoms with E-state index < -0.39 is 5.69 Å². The van der Waals surface area contributed by atoms with Gasteiger partial charge in [-0.2, -0.15) is 4.98 Å². The molecule has 1 aliphatic rings. The first-order chi connectivity index (χ1) is 10.0. The van der Waals surface area contributed by atoms with Crippen molar-refractivity contribution in [3.05, 3.63) is 20.8 Å². The van der Waals surface area contributed by atoms with E-state index in [0.717, 1.165) is 32.1 Å².